The molecule has 1 aromatic carbocycles. The molecule has 0 saturated carbocycles. The van der Waals surface area contributed by atoms with Crippen molar-refractivity contribution in [3.63, 3.8) is 0 Å². The number of nitrogens with one attached hydrogen (secondary N) is 1. The van der Waals surface area contributed by atoms with Crippen molar-refractivity contribution < 1.29 is 0 Å². The number of aryl methyl sites for hydroxylation is 1. The number of H-pyrrole nitrogens is 1. The van der Waals surface area contributed by atoms with E-state index < -0.39 is 0 Å². The number of rotatable bonds is 3. The second-order valence-electron chi connectivity index (χ2n) is 6.25. The van der Waals surface area contributed by atoms with Gasteiger partial charge >= 0.3 is 0 Å². The third-order valence-corrected chi connectivity index (χ3v) is 5.00. The second-order valence-corrected chi connectivity index (χ2v) is 6.66. The first-order chi connectivity index (χ1) is 11.2. The molecule has 1 unspecified atom stereocenters. The highest BCUT2D eigenvalue weighted by atomic mass is 35.5. The zero-order valence-electron chi connectivity index (χ0n) is 13.2. The largest absolute Gasteiger partial charge is 0.348 e. The van der Waals surface area contributed by atoms with Gasteiger partial charge in [-0.1, -0.05) is 17.7 Å². The first kappa shape index (κ1) is 14.7. The summed E-state index contributed by atoms with van der Waals surface area (Å²) in [6.07, 6.45) is 6.11. The van der Waals surface area contributed by atoms with Gasteiger partial charge in [0.25, 0.3) is 0 Å². The molecule has 1 aliphatic rings. The molecule has 0 aliphatic carbocycles. The molecular formula is C17H20ClN5. The number of halogens is 1. The molecule has 120 valence electrons. The van der Waals surface area contributed by atoms with Crippen LogP contribution in [0.25, 0.3) is 10.9 Å². The van der Waals surface area contributed by atoms with E-state index in [0.29, 0.717) is 5.92 Å². The lowest BCUT2D eigenvalue weighted by Gasteiger charge is -2.31. The number of piperidine rings is 1. The molecule has 0 radical (unpaired) electrons. The van der Waals surface area contributed by atoms with Crippen molar-refractivity contribution in [3.05, 3.63) is 47.1 Å². The summed E-state index contributed by atoms with van der Waals surface area (Å²) in [4.78, 5) is 10.1. The molecule has 4 rings (SSSR count). The smallest absolute Gasteiger partial charge is 0.110 e. The van der Waals surface area contributed by atoms with Crippen LogP contribution in [0.3, 0.4) is 0 Å². The molecule has 1 atom stereocenters. The molecule has 3 aromatic rings. The molecule has 3 heterocycles. The van der Waals surface area contributed by atoms with Gasteiger partial charge in [0.1, 0.15) is 5.82 Å². The monoisotopic (exact) mass is 329 g/mol. The molecule has 1 aliphatic heterocycles. The van der Waals surface area contributed by atoms with Crippen molar-refractivity contribution in [3.8, 4) is 0 Å². The lowest BCUT2D eigenvalue weighted by atomic mass is 9.97. The summed E-state index contributed by atoms with van der Waals surface area (Å²) in [5.41, 5.74) is 2.15. The minimum absolute atomic E-state index is 0.476. The molecule has 0 bridgehead atoms. The summed E-state index contributed by atoms with van der Waals surface area (Å²) in [6, 6.07) is 5.99. The Bertz CT molecular complexity index is 808. The van der Waals surface area contributed by atoms with Crippen LogP contribution in [0, 0.1) is 0 Å². The molecule has 23 heavy (non-hydrogen) atoms. The fourth-order valence-corrected chi connectivity index (χ4v) is 3.88. The second kappa shape index (κ2) is 5.98. The molecule has 5 nitrogen and oxygen atoms in total. The summed E-state index contributed by atoms with van der Waals surface area (Å²) < 4.78 is 1.92. The third-order valence-electron chi connectivity index (χ3n) is 4.68. The van der Waals surface area contributed by atoms with E-state index in [1.165, 1.54) is 12.8 Å². The number of aromatic amines is 1. The molecule has 0 spiro atoms. The summed E-state index contributed by atoms with van der Waals surface area (Å²) in [7, 11) is 1.98. The fraction of sp³-hybridized carbons (Fsp3) is 0.412. The van der Waals surface area contributed by atoms with E-state index >= 15 is 0 Å². The standard InChI is InChI=1S/C17H20ClN5/c1-22-15-6-2-5-13(18)16(15)14(21-22)11-23-9-3-4-12(10-23)17-19-7-8-20-17/h2,5-8,12H,3-4,9-11H2,1H3,(H,19,20). The van der Waals surface area contributed by atoms with Crippen molar-refractivity contribution in [1.82, 2.24) is 24.6 Å². The molecular weight excluding hydrogens is 310 g/mol. The average Bonchev–Trinajstić information content (AvgIpc) is 3.18. The molecule has 2 aromatic heterocycles. The molecule has 0 amide bonds. The van der Waals surface area contributed by atoms with Crippen LogP contribution in [-0.2, 0) is 13.6 Å². The van der Waals surface area contributed by atoms with Gasteiger partial charge in [-0.25, -0.2) is 4.98 Å². The lowest BCUT2D eigenvalue weighted by molar-refractivity contribution is 0.195. The number of fused-ring (bicyclic) bond motifs is 1. The summed E-state index contributed by atoms with van der Waals surface area (Å²) in [6.45, 7) is 2.94. The fourth-order valence-electron chi connectivity index (χ4n) is 3.60. The van der Waals surface area contributed by atoms with Gasteiger partial charge < -0.3 is 4.98 Å². The van der Waals surface area contributed by atoms with Crippen molar-refractivity contribution >= 4 is 22.5 Å². The zero-order valence-corrected chi connectivity index (χ0v) is 13.9. The maximum absolute atomic E-state index is 6.42. The highest BCUT2D eigenvalue weighted by molar-refractivity contribution is 6.35. The number of aromatic nitrogens is 4. The van der Waals surface area contributed by atoms with Crippen molar-refractivity contribution in [1.29, 1.82) is 0 Å². The van der Waals surface area contributed by atoms with E-state index in [-0.39, 0.29) is 0 Å². The van der Waals surface area contributed by atoms with E-state index in [9.17, 15) is 0 Å². The van der Waals surface area contributed by atoms with E-state index in [4.69, 9.17) is 16.7 Å². The van der Waals surface area contributed by atoms with Gasteiger partial charge in [-0.15, -0.1) is 0 Å². The van der Waals surface area contributed by atoms with Gasteiger partial charge in [0.05, 0.1) is 16.2 Å². The number of hydrogen-bond acceptors (Lipinski definition) is 3. The van der Waals surface area contributed by atoms with Crippen molar-refractivity contribution in [2.45, 2.75) is 25.3 Å². The van der Waals surface area contributed by atoms with Crippen molar-refractivity contribution in [2.75, 3.05) is 13.1 Å². The maximum atomic E-state index is 6.42. The first-order valence-corrected chi connectivity index (χ1v) is 8.42. The van der Waals surface area contributed by atoms with Gasteiger partial charge in [-0.05, 0) is 31.5 Å². The normalized spacial score (nSPS) is 19.5. The topological polar surface area (TPSA) is 49.7 Å². The third kappa shape index (κ3) is 2.75. The van der Waals surface area contributed by atoms with Crippen LogP contribution in [0.1, 0.15) is 30.3 Å². The maximum Gasteiger partial charge on any atom is 0.110 e. The number of hydrogen-bond donors (Lipinski definition) is 1. The van der Waals surface area contributed by atoms with E-state index in [1.54, 1.807) is 0 Å². The Hall–Kier alpha value is -1.85. The predicted molar refractivity (Wildman–Crippen MR) is 91.6 cm³/mol. The molecule has 1 fully saturated rings. The van der Waals surface area contributed by atoms with Crippen LogP contribution in [0.4, 0.5) is 0 Å². The van der Waals surface area contributed by atoms with Crippen LogP contribution < -0.4 is 0 Å². The molecule has 1 saturated heterocycles. The summed E-state index contributed by atoms with van der Waals surface area (Å²) in [5.74, 6) is 1.57. The number of imidazole rings is 1. The summed E-state index contributed by atoms with van der Waals surface area (Å²) >= 11 is 6.42. The Morgan fingerprint density at radius 3 is 3.13 bits per heavy atom. The minimum atomic E-state index is 0.476. The number of benzene rings is 1. The predicted octanol–water partition coefficient (Wildman–Crippen LogP) is 3.33. The van der Waals surface area contributed by atoms with Gasteiger partial charge in [0.2, 0.25) is 0 Å². The lowest BCUT2D eigenvalue weighted by Crippen LogP contribution is -2.34. The van der Waals surface area contributed by atoms with Crippen molar-refractivity contribution in [2.24, 2.45) is 7.05 Å². The Labute approximate surface area is 140 Å². The van der Waals surface area contributed by atoms with Gasteiger partial charge in [0.15, 0.2) is 0 Å². The van der Waals surface area contributed by atoms with Crippen LogP contribution in [-0.4, -0.2) is 37.7 Å². The number of nitrogens with zero attached hydrogens (tertiary/aromatic N) is 4. The van der Waals surface area contributed by atoms with Crippen LogP contribution >= 0.6 is 11.6 Å². The molecule has 1 N–H and O–H groups in total. The van der Waals surface area contributed by atoms with Gasteiger partial charge in [-0.2, -0.15) is 5.10 Å². The van der Waals surface area contributed by atoms with E-state index in [2.05, 4.69) is 20.9 Å². The van der Waals surface area contributed by atoms with E-state index in [1.807, 2.05) is 36.3 Å². The highest BCUT2D eigenvalue weighted by Gasteiger charge is 2.24. The minimum Gasteiger partial charge on any atom is -0.348 e. The SMILES string of the molecule is Cn1nc(CN2CCCC(c3ncc[nH]3)C2)c2c(Cl)cccc21. The van der Waals surface area contributed by atoms with Crippen LogP contribution in [0.15, 0.2) is 30.6 Å². The zero-order chi connectivity index (χ0) is 15.8. The average molecular weight is 330 g/mol. The Morgan fingerprint density at radius 1 is 1.39 bits per heavy atom. The van der Waals surface area contributed by atoms with Crippen LogP contribution in [0.5, 0.6) is 0 Å². The van der Waals surface area contributed by atoms with Gasteiger partial charge in [0, 0.05) is 43.8 Å². The Balaban J connectivity index is 1.58. The summed E-state index contributed by atoms with van der Waals surface area (Å²) in [5, 5.41) is 6.56. The van der Waals surface area contributed by atoms with Gasteiger partial charge in [-0.3, -0.25) is 9.58 Å². The molecule has 6 heteroatoms. The van der Waals surface area contributed by atoms with E-state index in [0.717, 1.165) is 47.1 Å². The highest BCUT2D eigenvalue weighted by Crippen LogP contribution is 2.29. The first-order valence-electron chi connectivity index (χ1n) is 8.04. The number of likely N-dealkylation sites (tertiary alicyclic amines) is 1. The Kier molecular flexibility index (Phi) is 3.83. The Morgan fingerprint density at radius 2 is 2.30 bits per heavy atom. The van der Waals surface area contributed by atoms with Crippen LogP contribution in [0.2, 0.25) is 5.02 Å². The quantitative estimate of drug-likeness (QED) is 0.802.